The van der Waals surface area contributed by atoms with E-state index in [2.05, 4.69) is 286 Å². The van der Waals surface area contributed by atoms with E-state index >= 15 is 0 Å². The van der Waals surface area contributed by atoms with Gasteiger partial charge in [-0.15, -0.1) is 0 Å². The van der Waals surface area contributed by atoms with Crippen LogP contribution in [0.3, 0.4) is 0 Å². The molecule has 18 rings (SSSR count). The van der Waals surface area contributed by atoms with E-state index in [1.807, 2.05) is 25.1 Å². The highest BCUT2D eigenvalue weighted by Crippen LogP contribution is 2.47. The van der Waals surface area contributed by atoms with Gasteiger partial charge in [-0.1, -0.05) is 170 Å². The molecular weight excluding hydrogens is 1050 g/mol. The average molecular weight is 1100 g/mol. The predicted octanol–water partition coefficient (Wildman–Crippen LogP) is 19.6. The van der Waals surface area contributed by atoms with Crippen molar-refractivity contribution in [1.29, 1.82) is 0 Å². The van der Waals surface area contributed by atoms with Crippen LogP contribution in [-0.4, -0.2) is 15.8 Å². The molecule has 12 aromatic carbocycles. The summed E-state index contributed by atoms with van der Waals surface area (Å²) in [5.41, 5.74) is 25.0. The summed E-state index contributed by atoms with van der Waals surface area (Å²) < 4.78 is 18.0. The molecule has 0 unspecified atom stereocenters. The fourth-order valence-electron chi connectivity index (χ4n) is 14.3. The number of fused-ring (bicyclic) bond motifs is 18. The maximum absolute atomic E-state index is 6.41. The van der Waals surface area contributed by atoms with E-state index < -0.39 is 0 Å². The number of para-hydroxylation sites is 4. The Morgan fingerprint density at radius 1 is 0.384 bits per heavy atom. The van der Waals surface area contributed by atoms with Crippen molar-refractivity contribution in [2.45, 2.75) is 6.92 Å². The minimum atomic E-state index is -0.132. The van der Waals surface area contributed by atoms with E-state index in [4.69, 9.17) is 8.83 Å². The largest absolute Gasteiger partial charge is 0.456 e. The van der Waals surface area contributed by atoms with Crippen molar-refractivity contribution in [3.8, 4) is 22.5 Å². The minimum Gasteiger partial charge on any atom is -0.456 e. The Balaban J connectivity index is 0.935. The number of nitrogens with zero attached hydrogens (tertiary/aromatic N) is 4. The van der Waals surface area contributed by atoms with Crippen molar-refractivity contribution in [3.63, 3.8) is 0 Å². The molecule has 2 aliphatic heterocycles. The predicted molar refractivity (Wildman–Crippen MR) is 362 cm³/mol. The molecule has 2 aliphatic rings. The lowest BCUT2D eigenvalue weighted by Gasteiger charge is -2.35. The molecule has 6 nitrogen and oxygen atoms in total. The van der Waals surface area contributed by atoms with Gasteiger partial charge in [0.05, 0.1) is 22.1 Å². The van der Waals surface area contributed by atoms with Gasteiger partial charge in [-0.3, -0.25) is 0 Å². The highest BCUT2D eigenvalue weighted by atomic mass is 16.3. The molecule has 0 amide bonds. The van der Waals surface area contributed by atoms with Crippen molar-refractivity contribution < 1.29 is 8.83 Å². The summed E-state index contributed by atoms with van der Waals surface area (Å²) in [5.74, 6) is 0. The number of hydrogen-bond donors (Lipinski definition) is 0. The second-order valence-electron chi connectivity index (χ2n) is 22.8. The van der Waals surface area contributed by atoms with Crippen LogP contribution >= 0.6 is 0 Å². The van der Waals surface area contributed by atoms with Crippen LogP contribution in [-0.2, 0) is 0 Å². The highest BCUT2D eigenvalue weighted by Gasteiger charge is 2.42. The molecule has 6 heterocycles. The minimum absolute atomic E-state index is 0.132. The van der Waals surface area contributed by atoms with Gasteiger partial charge in [0.15, 0.2) is 0 Å². The van der Waals surface area contributed by atoms with E-state index in [1.165, 1.54) is 65.6 Å². The molecule has 0 fully saturated rings. The van der Waals surface area contributed by atoms with Gasteiger partial charge in [0.25, 0.3) is 6.71 Å². The molecule has 86 heavy (non-hydrogen) atoms. The van der Waals surface area contributed by atoms with Gasteiger partial charge in [-0.05, 0) is 161 Å². The van der Waals surface area contributed by atoms with E-state index in [0.29, 0.717) is 0 Å². The lowest BCUT2D eigenvalue weighted by Crippen LogP contribution is -2.59. The molecular formula is C79H51BN4O2. The van der Waals surface area contributed by atoms with Gasteiger partial charge in [0, 0.05) is 88.6 Å². The summed E-state index contributed by atoms with van der Waals surface area (Å²) in [7, 11) is 0. The third-order valence-electron chi connectivity index (χ3n) is 18.1. The lowest BCUT2D eigenvalue weighted by atomic mass is 9.34. The molecule has 0 atom stereocenters. The van der Waals surface area contributed by atoms with Crippen LogP contribution in [0.4, 0.5) is 34.1 Å². The van der Waals surface area contributed by atoms with Crippen LogP contribution in [0, 0.1) is 0 Å². The molecule has 0 saturated carbocycles. The van der Waals surface area contributed by atoms with Gasteiger partial charge in [-0.25, -0.2) is 0 Å². The van der Waals surface area contributed by atoms with Crippen molar-refractivity contribution >= 4 is 150 Å². The first-order chi connectivity index (χ1) is 42.5. The summed E-state index contributed by atoms with van der Waals surface area (Å²) in [5, 5.41) is 9.23. The number of allylic oxidation sites excluding steroid dienone is 5. The number of benzene rings is 12. The first kappa shape index (κ1) is 48.3. The number of anilines is 6. The van der Waals surface area contributed by atoms with Gasteiger partial charge in [0.1, 0.15) is 22.3 Å². The number of furan rings is 2. The molecule has 402 valence electrons. The number of aromatic nitrogens is 2. The van der Waals surface area contributed by atoms with Gasteiger partial charge in [-0.2, -0.15) is 0 Å². The van der Waals surface area contributed by atoms with Crippen LogP contribution in [0.15, 0.2) is 295 Å². The second kappa shape index (κ2) is 18.6. The highest BCUT2D eigenvalue weighted by molar-refractivity contribution is 7.00. The zero-order valence-electron chi connectivity index (χ0n) is 46.9. The van der Waals surface area contributed by atoms with Gasteiger partial charge < -0.3 is 27.8 Å². The van der Waals surface area contributed by atoms with E-state index in [9.17, 15) is 0 Å². The Labute approximate surface area is 496 Å². The Morgan fingerprint density at radius 3 is 1.42 bits per heavy atom. The topological polar surface area (TPSA) is 42.6 Å². The molecule has 16 aromatic rings. The van der Waals surface area contributed by atoms with Crippen molar-refractivity contribution in [3.05, 3.63) is 291 Å². The Kier molecular flexibility index (Phi) is 10.4. The zero-order valence-corrected chi connectivity index (χ0v) is 46.9. The van der Waals surface area contributed by atoms with Crippen LogP contribution < -0.4 is 26.2 Å². The molecule has 0 radical (unpaired) electrons. The average Bonchev–Trinajstić information content (AvgIpc) is 1.63. The van der Waals surface area contributed by atoms with Gasteiger partial charge in [0.2, 0.25) is 0 Å². The Hall–Kier alpha value is -11.3. The number of rotatable bonds is 10. The summed E-state index contributed by atoms with van der Waals surface area (Å²) in [6, 6.07) is 93.1. The summed E-state index contributed by atoms with van der Waals surface area (Å²) in [6.45, 7) is 6.52. The van der Waals surface area contributed by atoms with Crippen molar-refractivity contribution in [2.75, 3.05) is 9.80 Å². The van der Waals surface area contributed by atoms with Crippen LogP contribution in [0.2, 0.25) is 0 Å². The van der Waals surface area contributed by atoms with Crippen molar-refractivity contribution in [2.24, 2.45) is 0 Å². The van der Waals surface area contributed by atoms with E-state index in [1.54, 1.807) is 0 Å². The van der Waals surface area contributed by atoms with Crippen molar-refractivity contribution in [1.82, 2.24) is 9.13 Å². The summed E-state index contributed by atoms with van der Waals surface area (Å²) in [6.07, 6.45) is 8.29. The standard InChI is InChI=1S/C79H51BN4O2/c1-3-4-8-19-49(2)51-30-36-59-65-48-66-60-37-31-52(50-20-9-5-10-21-50)43-70(60)84-72-47-58(82(54-24-13-7-14-25-54)56-35-41-76-64(45-56)62-27-16-18-29-74(62)86-76)33-39-68(72)80-67-38-32-57(46-71(67)83(69(59)42-51)78(65)77(80)79(66)84)81(53-22-11-6-12-23-53)55-34-40-75-63(44-55)61-26-15-17-28-73(61)85-75/h3-48H,2H2,1H3/b4-3-,19-8-. The maximum Gasteiger partial charge on any atom is 0.252 e. The second-order valence-corrected chi connectivity index (χ2v) is 22.8. The first-order valence-electron chi connectivity index (χ1n) is 29.5. The molecule has 0 aliphatic carbocycles. The van der Waals surface area contributed by atoms with Gasteiger partial charge >= 0.3 is 0 Å². The molecule has 4 aromatic heterocycles. The first-order valence-corrected chi connectivity index (χ1v) is 29.5. The van der Waals surface area contributed by atoms with Crippen LogP contribution in [0.5, 0.6) is 0 Å². The normalized spacial score (nSPS) is 12.6. The molecule has 0 N–H and O–H groups in total. The molecule has 0 spiro atoms. The molecule has 0 bridgehead atoms. The van der Waals surface area contributed by atoms with E-state index in [-0.39, 0.29) is 6.71 Å². The van der Waals surface area contributed by atoms with E-state index in [0.717, 1.165) is 106 Å². The van der Waals surface area contributed by atoms with Crippen LogP contribution in [0.1, 0.15) is 12.5 Å². The summed E-state index contributed by atoms with van der Waals surface area (Å²) in [4.78, 5) is 4.80. The Bertz CT molecular complexity index is 5590. The lowest BCUT2D eigenvalue weighted by molar-refractivity contribution is 0.668. The third-order valence-corrected chi connectivity index (χ3v) is 18.1. The van der Waals surface area contributed by atoms with Crippen LogP contribution in [0.25, 0.3) is 116 Å². The fraction of sp³-hybridized carbons (Fsp3) is 0.0127. The monoisotopic (exact) mass is 1100 g/mol. The number of hydrogen-bond acceptors (Lipinski definition) is 4. The summed E-state index contributed by atoms with van der Waals surface area (Å²) >= 11 is 0. The SMILES string of the molecule is C=C(/C=C\C=C/C)c1ccc2c3cc4c5ccc(-c6ccccc6)cc5n5c4c4c3n(c2c1)-c1cc(N(c2ccccc2)c2ccc3oc6ccccc6c3c2)ccc1B4c1ccc(N(c2ccccc2)c2ccc3oc4ccccc4c3c2)cc1-5. The molecule has 0 saturated heterocycles. The maximum atomic E-state index is 6.41. The smallest absolute Gasteiger partial charge is 0.252 e. The zero-order chi connectivity index (χ0) is 56.7. The Morgan fingerprint density at radius 2 is 0.860 bits per heavy atom. The third kappa shape index (κ3) is 7.09. The fourth-order valence-corrected chi connectivity index (χ4v) is 14.3. The molecule has 7 heteroatoms. The quantitative estimate of drug-likeness (QED) is 0.101.